The van der Waals surface area contributed by atoms with E-state index in [0.717, 1.165) is 31.8 Å². The molecule has 2 rings (SSSR count). The van der Waals surface area contributed by atoms with Gasteiger partial charge in [-0.15, -0.1) is 0 Å². The van der Waals surface area contributed by atoms with Gasteiger partial charge >= 0.3 is 0 Å². The Bertz CT molecular complexity index is 452. The molecule has 1 fully saturated rings. The maximum atomic E-state index is 11.9. The van der Waals surface area contributed by atoms with Crippen molar-refractivity contribution < 1.29 is 0 Å². The van der Waals surface area contributed by atoms with Crippen molar-refractivity contribution in [2.75, 3.05) is 19.6 Å². The van der Waals surface area contributed by atoms with Crippen LogP contribution in [0.5, 0.6) is 0 Å². The summed E-state index contributed by atoms with van der Waals surface area (Å²) < 4.78 is 1.75. The molecule has 0 N–H and O–H groups in total. The fraction of sp³-hybridized carbons (Fsp3) is 0.692. The highest BCUT2D eigenvalue weighted by Gasteiger charge is 2.11. The van der Waals surface area contributed by atoms with E-state index in [-0.39, 0.29) is 5.56 Å². The van der Waals surface area contributed by atoms with Crippen LogP contribution in [-0.2, 0) is 13.0 Å². The predicted molar refractivity (Wildman–Crippen MR) is 73.2 cm³/mol. The molecule has 5 heteroatoms. The normalized spacial score (nSPS) is 16.3. The van der Waals surface area contributed by atoms with Gasteiger partial charge in [0.05, 0.1) is 0 Å². The predicted octanol–water partition coefficient (Wildman–Crippen LogP) is 1.95. The monoisotopic (exact) mass is 269 g/mol. The molecule has 0 aromatic carbocycles. The van der Waals surface area contributed by atoms with Gasteiger partial charge in [0.1, 0.15) is 11.0 Å². The number of aromatic nitrogens is 2. The molecule has 0 radical (unpaired) electrons. The SMILES string of the molecule is CCc1nc(Cl)cc(=O)n1CCCN1CCCC1. The molecule has 100 valence electrons. The largest absolute Gasteiger partial charge is 0.303 e. The number of hydrogen-bond donors (Lipinski definition) is 0. The van der Waals surface area contributed by atoms with Crippen LogP contribution >= 0.6 is 11.6 Å². The quantitative estimate of drug-likeness (QED) is 0.767. The summed E-state index contributed by atoms with van der Waals surface area (Å²) in [4.78, 5) is 18.5. The van der Waals surface area contributed by atoms with Crippen molar-refractivity contribution in [2.45, 2.75) is 39.2 Å². The molecule has 0 saturated carbocycles. The first kappa shape index (κ1) is 13.6. The fourth-order valence-corrected chi connectivity index (χ4v) is 2.68. The highest BCUT2D eigenvalue weighted by atomic mass is 35.5. The Hall–Kier alpha value is -0.870. The number of aryl methyl sites for hydroxylation is 1. The van der Waals surface area contributed by atoms with Crippen LogP contribution < -0.4 is 5.56 Å². The molecule has 0 unspecified atom stereocenters. The zero-order valence-corrected chi connectivity index (χ0v) is 11.6. The highest BCUT2D eigenvalue weighted by molar-refractivity contribution is 6.29. The molecule has 1 saturated heterocycles. The minimum absolute atomic E-state index is 0.0340. The second-order valence-corrected chi connectivity index (χ2v) is 5.13. The van der Waals surface area contributed by atoms with Crippen molar-refractivity contribution in [3.63, 3.8) is 0 Å². The van der Waals surface area contributed by atoms with Gasteiger partial charge in [-0.2, -0.15) is 0 Å². The van der Waals surface area contributed by atoms with Gasteiger partial charge in [0, 0.05) is 19.0 Å². The van der Waals surface area contributed by atoms with Gasteiger partial charge in [-0.25, -0.2) is 4.98 Å². The topological polar surface area (TPSA) is 38.1 Å². The average Bonchev–Trinajstić information content (AvgIpc) is 2.84. The molecule has 2 heterocycles. The highest BCUT2D eigenvalue weighted by Crippen LogP contribution is 2.08. The number of nitrogens with zero attached hydrogens (tertiary/aromatic N) is 3. The number of hydrogen-bond acceptors (Lipinski definition) is 3. The minimum Gasteiger partial charge on any atom is -0.303 e. The Morgan fingerprint density at radius 3 is 2.72 bits per heavy atom. The van der Waals surface area contributed by atoms with Crippen LogP contribution in [0.25, 0.3) is 0 Å². The van der Waals surface area contributed by atoms with Crippen molar-refractivity contribution in [1.82, 2.24) is 14.5 Å². The first-order chi connectivity index (χ1) is 8.70. The third-order valence-electron chi connectivity index (χ3n) is 3.43. The van der Waals surface area contributed by atoms with Gasteiger partial charge in [0.2, 0.25) is 0 Å². The van der Waals surface area contributed by atoms with E-state index in [2.05, 4.69) is 9.88 Å². The van der Waals surface area contributed by atoms with Crippen LogP contribution in [0, 0.1) is 0 Å². The van der Waals surface area contributed by atoms with Crippen molar-refractivity contribution in [3.8, 4) is 0 Å². The first-order valence-corrected chi connectivity index (χ1v) is 7.07. The van der Waals surface area contributed by atoms with Gasteiger partial charge in [-0.1, -0.05) is 18.5 Å². The summed E-state index contributed by atoms with van der Waals surface area (Å²) in [6.45, 7) is 6.21. The zero-order valence-electron chi connectivity index (χ0n) is 10.9. The van der Waals surface area contributed by atoms with Crippen molar-refractivity contribution in [2.24, 2.45) is 0 Å². The molecule has 0 spiro atoms. The van der Waals surface area contributed by atoms with E-state index >= 15 is 0 Å². The summed E-state index contributed by atoms with van der Waals surface area (Å²) >= 11 is 5.81. The molecule has 0 aliphatic carbocycles. The van der Waals surface area contributed by atoms with Crippen molar-refractivity contribution in [3.05, 3.63) is 27.4 Å². The maximum Gasteiger partial charge on any atom is 0.254 e. The molecule has 0 amide bonds. The lowest BCUT2D eigenvalue weighted by atomic mass is 10.3. The summed E-state index contributed by atoms with van der Waals surface area (Å²) in [5.41, 5.74) is -0.0340. The Kier molecular flexibility index (Phi) is 4.78. The average molecular weight is 270 g/mol. The first-order valence-electron chi connectivity index (χ1n) is 6.69. The molecule has 4 nitrogen and oxygen atoms in total. The summed E-state index contributed by atoms with van der Waals surface area (Å²) in [7, 11) is 0. The number of halogens is 1. The minimum atomic E-state index is -0.0340. The van der Waals surface area contributed by atoms with Crippen molar-refractivity contribution >= 4 is 11.6 Å². The molecule has 1 aromatic heterocycles. The lowest BCUT2D eigenvalue weighted by molar-refractivity contribution is 0.323. The van der Waals surface area contributed by atoms with E-state index < -0.39 is 0 Å². The lowest BCUT2D eigenvalue weighted by Crippen LogP contribution is -2.27. The Morgan fingerprint density at radius 2 is 2.06 bits per heavy atom. The Balaban J connectivity index is 1.97. The molecule has 18 heavy (non-hydrogen) atoms. The Labute approximate surface area is 113 Å². The molecule has 1 aliphatic rings. The van der Waals surface area contributed by atoms with Crippen LogP contribution in [0.15, 0.2) is 10.9 Å². The van der Waals surface area contributed by atoms with Crippen molar-refractivity contribution in [1.29, 1.82) is 0 Å². The van der Waals surface area contributed by atoms with E-state index in [1.54, 1.807) is 4.57 Å². The zero-order chi connectivity index (χ0) is 13.0. The maximum absolute atomic E-state index is 11.9. The molecule has 1 aliphatic heterocycles. The molecule has 0 bridgehead atoms. The van der Waals surface area contributed by atoms with Crippen LogP contribution in [0.3, 0.4) is 0 Å². The standard InChI is InChI=1S/C13H20ClN3O/c1-2-12-15-11(14)10-13(18)17(12)9-5-8-16-6-3-4-7-16/h10H,2-9H2,1H3. The lowest BCUT2D eigenvalue weighted by Gasteiger charge is -2.16. The molecular formula is C13H20ClN3O. The summed E-state index contributed by atoms with van der Waals surface area (Å²) in [6.07, 6.45) is 4.35. The summed E-state index contributed by atoms with van der Waals surface area (Å²) in [6, 6.07) is 1.40. The van der Waals surface area contributed by atoms with Crippen LogP contribution in [-0.4, -0.2) is 34.1 Å². The van der Waals surface area contributed by atoms with Crippen LogP contribution in [0.1, 0.15) is 32.0 Å². The third kappa shape index (κ3) is 3.33. The summed E-state index contributed by atoms with van der Waals surface area (Å²) in [5.74, 6) is 0.786. The second kappa shape index (κ2) is 6.34. The van der Waals surface area contributed by atoms with E-state index in [1.807, 2.05) is 6.92 Å². The smallest absolute Gasteiger partial charge is 0.254 e. The molecule has 0 atom stereocenters. The summed E-state index contributed by atoms with van der Waals surface area (Å²) in [5, 5.41) is 0.299. The van der Waals surface area contributed by atoms with E-state index in [0.29, 0.717) is 5.15 Å². The van der Waals surface area contributed by atoms with Gasteiger partial charge in [0.25, 0.3) is 5.56 Å². The fourth-order valence-electron chi connectivity index (χ4n) is 2.49. The van der Waals surface area contributed by atoms with E-state index in [9.17, 15) is 4.79 Å². The third-order valence-corrected chi connectivity index (χ3v) is 3.62. The second-order valence-electron chi connectivity index (χ2n) is 4.74. The van der Waals surface area contributed by atoms with E-state index in [1.165, 1.54) is 32.0 Å². The Morgan fingerprint density at radius 1 is 1.33 bits per heavy atom. The van der Waals surface area contributed by atoms with Crippen LogP contribution in [0.4, 0.5) is 0 Å². The van der Waals surface area contributed by atoms with Crippen LogP contribution in [0.2, 0.25) is 5.15 Å². The van der Waals surface area contributed by atoms with Gasteiger partial charge in [-0.05, 0) is 38.9 Å². The van der Waals surface area contributed by atoms with Gasteiger partial charge in [-0.3, -0.25) is 9.36 Å². The molecule has 1 aromatic rings. The molecular weight excluding hydrogens is 250 g/mol. The number of rotatable bonds is 5. The van der Waals surface area contributed by atoms with E-state index in [4.69, 9.17) is 11.6 Å². The van der Waals surface area contributed by atoms with Gasteiger partial charge in [0.15, 0.2) is 0 Å². The number of likely N-dealkylation sites (tertiary alicyclic amines) is 1. The van der Waals surface area contributed by atoms with Gasteiger partial charge < -0.3 is 4.90 Å².